The topological polar surface area (TPSA) is 29.5 Å². The van der Waals surface area contributed by atoms with Gasteiger partial charge in [-0.3, -0.25) is 0 Å². The largest absolute Gasteiger partial charge is 0.489 e. The molecule has 2 rings (SSSR count). The number of hydrogen-bond donors (Lipinski definition) is 1. The van der Waals surface area contributed by atoms with Crippen molar-refractivity contribution in [3.8, 4) is 5.75 Å². The predicted octanol–water partition coefficient (Wildman–Crippen LogP) is 4.07. The summed E-state index contributed by atoms with van der Waals surface area (Å²) in [7, 11) is 0. The molecule has 1 atom stereocenters. The summed E-state index contributed by atoms with van der Waals surface area (Å²) in [6.07, 6.45) is -0.765. The minimum atomic E-state index is -0.765. The molecule has 0 aliphatic rings. The molecule has 3 heteroatoms. The lowest BCUT2D eigenvalue weighted by molar-refractivity contribution is 0.189. The third kappa shape index (κ3) is 3.36. The SMILES string of the molecule is Cc1ccc(C)c(COc2ccc(F)cc2[C@H](C)O)c1. The van der Waals surface area contributed by atoms with E-state index in [1.54, 1.807) is 13.0 Å². The van der Waals surface area contributed by atoms with Gasteiger partial charge in [-0.1, -0.05) is 23.8 Å². The highest BCUT2D eigenvalue weighted by molar-refractivity contribution is 5.36. The van der Waals surface area contributed by atoms with Crippen LogP contribution in [0.25, 0.3) is 0 Å². The van der Waals surface area contributed by atoms with Gasteiger partial charge >= 0.3 is 0 Å². The number of aryl methyl sites for hydroxylation is 2. The van der Waals surface area contributed by atoms with Crippen molar-refractivity contribution >= 4 is 0 Å². The van der Waals surface area contributed by atoms with Gasteiger partial charge in [-0.15, -0.1) is 0 Å². The smallest absolute Gasteiger partial charge is 0.125 e. The molecule has 0 radical (unpaired) electrons. The molecule has 0 unspecified atom stereocenters. The lowest BCUT2D eigenvalue weighted by atomic mass is 10.1. The van der Waals surface area contributed by atoms with E-state index in [0.29, 0.717) is 17.9 Å². The number of halogens is 1. The van der Waals surface area contributed by atoms with Crippen LogP contribution in [0.4, 0.5) is 4.39 Å². The molecule has 0 amide bonds. The van der Waals surface area contributed by atoms with E-state index in [9.17, 15) is 9.50 Å². The lowest BCUT2D eigenvalue weighted by Gasteiger charge is -2.15. The molecule has 0 aliphatic heterocycles. The maximum atomic E-state index is 13.2. The summed E-state index contributed by atoms with van der Waals surface area (Å²) in [6.45, 7) is 6.05. The maximum Gasteiger partial charge on any atom is 0.125 e. The molecule has 0 aromatic heterocycles. The van der Waals surface area contributed by atoms with Gasteiger partial charge in [-0.25, -0.2) is 4.39 Å². The quantitative estimate of drug-likeness (QED) is 0.910. The number of rotatable bonds is 4. The van der Waals surface area contributed by atoms with Crippen molar-refractivity contribution < 1.29 is 14.2 Å². The van der Waals surface area contributed by atoms with E-state index in [-0.39, 0.29) is 5.82 Å². The van der Waals surface area contributed by atoms with Crippen molar-refractivity contribution in [2.75, 3.05) is 0 Å². The second kappa shape index (κ2) is 6.06. The highest BCUT2D eigenvalue weighted by atomic mass is 19.1. The van der Waals surface area contributed by atoms with Crippen LogP contribution in [0.5, 0.6) is 5.75 Å². The van der Waals surface area contributed by atoms with Gasteiger partial charge in [-0.2, -0.15) is 0 Å². The average molecular weight is 274 g/mol. The molecule has 0 aliphatic carbocycles. The Labute approximate surface area is 118 Å². The average Bonchev–Trinajstić information content (AvgIpc) is 2.40. The second-order valence-corrected chi connectivity index (χ2v) is 5.08. The zero-order chi connectivity index (χ0) is 14.7. The molecule has 20 heavy (non-hydrogen) atoms. The summed E-state index contributed by atoms with van der Waals surface area (Å²) in [5, 5.41) is 9.68. The lowest BCUT2D eigenvalue weighted by Crippen LogP contribution is -2.03. The highest BCUT2D eigenvalue weighted by Gasteiger charge is 2.11. The summed E-state index contributed by atoms with van der Waals surface area (Å²) in [5.41, 5.74) is 3.88. The minimum absolute atomic E-state index is 0.375. The molecular weight excluding hydrogens is 255 g/mol. The first-order valence-corrected chi connectivity index (χ1v) is 6.64. The third-order valence-electron chi connectivity index (χ3n) is 3.31. The molecule has 0 saturated carbocycles. The Kier molecular flexibility index (Phi) is 4.40. The fourth-order valence-electron chi connectivity index (χ4n) is 2.09. The molecule has 2 aromatic carbocycles. The van der Waals surface area contributed by atoms with Crippen LogP contribution in [-0.4, -0.2) is 5.11 Å². The van der Waals surface area contributed by atoms with Gasteiger partial charge in [0, 0.05) is 5.56 Å². The Morgan fingerprint density at radius 2 is 1.90 bits per heavy atom. The van der Waals surface area contributed by atoms with E-state index in [2.05, 4.69) is 12.1 Å². The van der Waals surface area contributed by atoms with Gasteiger partial charge in [-0.05, 0) is 50.1 Å². The van der Waals surface area contributed by atoms with Gasteiger partial charge in [0.15, 0.2) is 0 Å². The van der Waals surface area contributed by atoms with E-state index in [4.69, 9.17) is 4.74 Å². The summed E-state index contributed by atoms with van der Waals surface area (Å²) in [5.74, 6) is 0.141. The van der Waals surface area contributed by atoms with Crippen molar-refractivity contribution in [1.29, 1.82) is 0 Å². The van der Waals surface area contributed by atoms with E-state index >= 15 is 0 Å². The first-order valence-electron chi connectivity index (χ1n) is 6.64. The van der Waals surface area contributed by atoms with Crippen molar-refractivity contribution in [2.24, 2.45) is 0 Å². The number of aliphatic hydroxyl groups excluding tert-OH is 1. The molecule has 106 valence electrons. The maximum absolute atomic E-state index is 13.2. The Morgan fingerprint density at radius 3 is 2.60 bits per heavy atom. The van der Waals surface area contributed by atoms with Crippen molar-refractivity contribution in [1.82, 2.24) is 0 Å². The van der Waals surface area contributed by atoms with E-state index in [0.717, 1.165) is 11.1 Å². The van der Waals surface area contributed by atoms with Crippen LogP contribution in [0.1, 0.15) is 35.3 Å². The number of benzene rings is 2. The normalized spacial score (nSPS) is 12.2. The Morgan fingerprint density at radius 1 is 1.15 bits per heavy atom. The Bertz CT molecular complexity index is 606. The summed E-state index contributed by atoms with van der Waals surface area (Å²) in [6, 6.07) is 10.4. The first kappa shape index (κ1) is 14.5. The van der Waals surface area contributed by atoms with Gasteiger partial charge in [0.25, 0.3) is 0 Å². The third-order valence-corrected chi connectivity index (χ3v) is 3.31. The highest BCUT2D eigenvalue weighted by Crippen LogP contribution is 2.27. The molecule has 0 fully saturated rings. The van der Waals surface area contributed by atoms with E-state index in [1.165, 1.54) is 17.7 Å². The van der Waals surface area contributed by atoms with E-state index in [1.807, 2.05) is 19.9 Å². The van der Waals surface area contributed by atoms with Crippen LogP contribution in [0.3, 0.4) is 0 Å². The molecule has 2 nitrogen and oxygen atoms in total. The van der Waals surface area contributed by atoms with Crippen LogP contribution >= 0.6 is 0 Å². The predicted molar refractivity (Wildman–Crippen MR) is 77.3 cm³/mol. The Hall–Kier alpha value is -1.87. The van der Waals surface area contributed by atoms with Gasteiger partial charge in [0.2, 0.25) is 0 Å². The number of hydrogen-bond acceptors (Lipinski definition) is 2. The standard InChI is InChI=1S/C17H19FO2/c1-11-4-5-12(2)14(8-11)10-20-17-7-6-15(18)9-16(17)13(3)19/h4-9,13,19H,10H2,1-3H3/t13-/m0/s1. The molecule has 1 N–H and O–H groups in total. The molecule has 0 saturated heterocycles. The molecule has 0 bridgehead atoms. The van der Waals surface area contributed by atoms with Gasteiger partial charge in [0.05, 0.1) is 6.10 Å². The molecule has 0 spiro atoms. The van der Waals surface area contributed by atoms with Gasteiger partial charge < -0.3 is 9.84 Å². The van der Waals surface area contributed by atoms with Gasteiger partial charge in [0.1, 0.15) is 18.2 Å². The molecule has 0 heterocycles. The van der Waals surface area contributed by atoms with Crippen LogP contribution in [-0.2, 0) is 6.61 Å². The van der Waals surface area contributed by atoms with E-state index < -0.39 is 6.10 Å². The van der Waals surface area contributed by atoms with Crippen molar-refractivity contribution in [2.45, 2.75) is 33.5 Å². The summed E-state index contributed by atoms with van der Waals surface area (Å²) >= 11 is 0. The summed E-state index contributed by atoms with van der Waals surface area (Å²) in [4.78, 5) is 0. The zero-order valence-corrected chi connectivity index (χ0v) is 12.0. The van der Waals surface area contributed by atoms with Crippen molar-refractivity contribution in [3.63, 3.8) is 0 Å². The second-order valence-electron chi connectivity index (χ2n) is 5.08. The van der Waals surface area contributed by atoms with Crippen molar-refractivity contribution in [3.05, 3.63) is 64.5 Å². The van der Waals surface area contributed by atoms with Crippen LogP contribution in [0.15, 0.2) is 36.4 Å². The molecular formula is C17H19FO2. The fourth-order valence-corrected chi connectivity index (χ4v) is 2.09. The monoisotopic (exact) mass is 274 g/mol. The first-order chi connectivity index (χ1) is 9.47. The molecule has 2 aromatic rings. The minimum Gasteiger partial charge on any atom is -0.489 e. The number of ether oxygens (including phenoxy) is 1. The summed E-state index contributed by atoms with van der Waals surface area (Å²) < 4.78 is 19.0. The fraction of sp³-hybridized carbons (Fsp3) is 0.294. The van der Waals surface area contributed by atoms with Crippen LogP contribution in [0, 0.1) is 19.7 Å². The number of aliphatic hydroxyl groups is 1. The van der Waals surface area contributed by atoms with Crippen LogP contribution < -0.4 is 4.74 Å². The zero-order valence-electron chi connectivity index (χ0n) is 12.0. The van der Waals surface area contributed by atoms with Crippen LogP contribution in [0.2, 0.25) is 0 Å². The Balaban J connectivity index is 2.20.